The van der Waals surface area contributed by atoms with Crippen molar-refractivity contribution >= 4 is 0 Å². The Balaban J connectivity index is 2.30. The maximum Gasteiger partial charge on any atom is 0.126 e. The van der Waals surface area contributed by atoms with Crippen LogP contribution in [-0.4, -0.2) is 39.1 Å². The lowest BCUT2D eigenvalue weighted by Gasteiger charge is -2.36. The van der Waals surface area contributed by atoms with E-state index in [9.17, 15) is 5.11 Å². The summed E-state index contributed by atoms with van der Waals surface area (Å²) in [6.07, 6.45) is 0.895. The summed E-state index contributed by atoms with van der Waals surface area (Å²) in [4.78, 5) is 0. The SMILES string of the molecule is COc1ccc(C(C)(CO)CC2COC2)c(OC)c1. The molecule has 1 aromatic rings. The Morgan fingerprint density at radius 1 is 1.32 bits per heavy atom. The quantitative estimate of drug-likeness (QED) is 0.855. The number of aliphatic hydroxyl groups excluding tert-OH is 1. The summed E-state index contributed by atoms with van der Waals surface area (Å²) in [7, 11) is 3.27. The molecule has 1 aromatic carbocycles. The van der Waals surface area contributed by atoms with Crippen molar-refractivity contribution in [2.24, 2.45) is 5.92 Å². The molecule has 0 aromatic heterocycles. The van der Waals surface area contributed by atoms with E-state index in [2.05, 4.69) is 6.92 Å². The predicted molar refractivity (Wildman–Crippen MR) is 72.9 cm³/mol. The third kappa shape index (κ3) is 2.85. The van der Waals surface area contributed by atoms with Gasteiger partial charge in [0.2, 0.25) is 0 Å². The van der Waals surface area contributed by atoms with Gasteiger partial charge in [0.1, 0.15) is 11.5 Å². The molecule has 0 bridgehead atoms. The lowest BCUT2D eigenvalue weighted by atomic mass is 9.75. The Labute approximate surface area is 114 Å². The highest BCUT2D eigenvalue weighted by Gasteiger charge is 2.34. The molecule has 1 N–H and O–H groups in total. The molecule has 0 aliphatic carbocycles. The van der Waals surface area contributed by atoms with E-state index in [-0.39, 0.29) is 12.0 Å². The Morgan fingerprint density at radius 2 is 2.05 bits per heavy atom. The van der Waals surface area contributed by atoms with E-state index < -0.39 is 0 Å². The Morgan fingerprint density at radius 3 is 2.53 bits per heavy atom. The molecule has 1 heterocycles. The highest BCUT2D eigenvalue weighted by atomic mass is 16.5. The molecule has 4 nitrogen and oxygen atoms in total. The van der Waals surface area contributed by atoms with Gasteiger partial charge in [-0.3, -0.25) is 0 Å². The summed E-state index contributed by atoms with van der Waals surface area (Å²) >= 11 is 0. The van der Waals surface area contributed by atoms with Gasteiger partial charge in [0.05, 0.1) is 34.0 Å². The molecular weight excluding hydrogens is 244 g/mol. The van der Waals surface area contributed by atoms with Crippen molar-refractivity contribution in [3.8, 4) is 11.5 Å². The number of hydrogen-bond acceptors (Lipinski definition) is 4. The van der Waals surface area contributed by atoms with Crippen LogP contribution in [0.2, 0.25) is 0 Å². The topological polar surface area (TPSA) is 47.9 Å². The normalized spacial score (nSPS) is 18.5. The van der Waals surface area contributed by atoms with Gasteiger partial charge in [0, 0.05) is 23.0 Å². The summed E-state index contributed by atoms with van der Waals surface area (Å²) in [5, 5.41) is 9.83. The first-order valence-corrected chi connectivity index (χ1v) is 6.54. The molecule has 0 saturated carbocycles. The molecule has 19 heavy (non-hydrogen) atoms. The zero-order valence-corrected chi connectivity index (χ0v) is 11.8. The predicted octanol–water partition coefficient (Wildman–Crippen LogP) is 1.99. The summed E-state index contributed by atoms with van der Waals surface area (Å²) in [6, 6.07) is 5.75. The second-order valence-corrected chi connectivity index (χ2v) is 5.39. The number of aliphatic hydroxyl groups is 1. The number of rotatable bonds is 6. The molecule has 1 unspecified atom stereocenters. The molecule has 1 fully saturated rings. The van der Waals surface area contributed by atoms with Gasteiger partial charge < -0.3 is 19.3 Å². The third-order valence-corrected chi connectivity index (χ3v) is 3.85. The number of ether oxygens (including phenoxy) is 3. The van der Waals surface area contributed by atoms with E-state index in [4.69, 9.17) is 14.2 Å². The molecule has 0 radical (unpaired) electrons. The van der Waals surface area contributed by atoms with Crippen molar-refractivity contribution in [2.45, 2.75) is 18.8 Å². The molecule has 1 aliphatic rings. The zero-order valence-electron chi connectivity index (χ0n) is 11.8. The van der Waals surface area contributed by atoms with Crippen molar-refractivity contribution < 1.29 is 19.3 Å². The minimum atomic E-state index is -0.313. The molecule has 0 spiro atoms. The van der Waals surface area contributed by atoms with Crippen LogP contribution in [0.1, 0.15) is 18.9 Å². The summed E-state index contributed by atoms with van der Waals surface area (Å²) in [5.41, 5.74) is 0.705. The number of benzene rings is 1. The Hall–Kier alpha value is -1.26. The summed E-state index contributed by atoms with van der Waals surface area (Å²) in [5.74, 6) is 2.04. The van der Waals surface area contributed by atoms with Crippen LogP contribution in [0.3, 0.4) is 0 Å². The van der Waals surface area contributed by atoms with Crippen molar-refractivity contribution in [3.05, 3.63) is 23.8 Å². The molecule has 0 amide bonds. The van der Waals surface area contributed by atoms with Crippen molar-refractivity contribution in [3.63, 3.8) is 0 Å². The van der Waals surface area contributed by atoms with Crippen molar-refractivity contribution in [1.29, 1.82) is 0 Å². The molecular formula is C15H22O4. The molecule has 1 atom stereocenters. The van der Waals surface area contributed by atoms with E-state index in [1.54, 1.807) is 14.2 Å². The molecule has 2 rings (SSSR count). The lowest BCUT2D eigenvalue weighted by Crippen LogP contribution is -2.37. The first-order valence-electron chi connectivity index (χ1n) is 6.54. The average molecular weight is 266 g/mol. The van der Waals surface area contributed by atoms with Crippen LogP contribution in [0, 0.1) is 5.92 Å². The van der Waals surface area contributed by atoms with Gasteiger partial charge in [-0.05, 0) is 12.5 Å². The number of hydrogen-bond donors (Lipinski definition) is 1. The Kier molecular flexibility index (Phi) is 4.32. The highest BCUT2D eigenvalue weighted by Crippen LogP contribution is 2.39. The van der Waals surface area contributed by atoms with Gasteiger partial charge in [-0.15, -0.1) is 0 Å². The van der Waals surface area contributed by atoms with Gasteiger partial charge >= 0.3 is 0 Å². The monoisotopic (exact) mass is 266 g/mol. The first-order chi connectivity index (χ1) is 9.12. The second-order valence-electron chi connectivity index (χ2n) is 5.39. The standard InChI is InChI=1S/C15H22O4/c1-15(10-16,7-11-8-19-9-11)13-5-4-12(17-2)6-14(13)18-3/h4-6,11,16H,7-10H2,1-3H3. The van der Waals surface area contributed by atoms with Crippen LogP contribution >= 0.6 is 0 Å². The van der Waals surface area contributed by atoms with E-state index >= 15 is 0 Å². The van der Waals surface area contributed by atoms with Gasteiger partial charge in [-0.25, -0.2) is 0 Å². The maximum atomic E-state index is 9.83. The minimum absolute atomic E-state index is 0.0895. The number of methoxy groups -OCH3 is 2. The largest absolute Gasteiger partial charge is 0.497 e. The molecule has 1 saturated heterocycles. The van der Waals surface area contributed by atoms with Gasteiger partial charge in [-0.1, -0.05) is 13.0 Å². The van der Waals surface area contributed by atoms with Gasteiger partial charge in [0.25, 0.3) is 0 Å². The van der Waals surface area contributed by atoms with Gasteiger partial charge in [-0.2, -0.15) is 0 Å². The fourth-order valence-corrected chi connectivity index (χ4v) is 2.60. The summed E-state index contributed by atoms with van der Waals surface area (Å²) < 4.78 is 15.9. The van der Waals surface area contributed by atoms with E-state index in [1.165, 1.54) is 0 Å². The maximum absolute atomic E-state index is 9.83. The minimum Gasteiger partial charge on any atom is -0.497 e. The van der Waals surface area contributed by atoms with Crippen LogP contribution in [0.4, 0.5) is 0 Å². The zero-order chi connectivity index (χ0) is 13.9. The third-order valence-electron chi connectivity index (χ3n) is 3.85. The average Bonchev–Trinajstić information content (AvgIpc) is 2.42. The first kappa shape index (κ1) is 14.2. The van der Waals surface area contributed by atoms with Gasteiger partial charge in [0.15, 0.2) is 0 Å². The second kappa shape index (κ2) is 5.80. The van der Waals surface area contributed by atoms with Crippen LogP contribution in [0.25, 0.3) is 0 Å². The van der Waals surface area contributed by atoms with Crippen LogP contribution in [0.15, 0.2) is 18.2 Å². The van der Waals surface area contributed by atoms with Crippen LogP contribution in [0.5, 0.6) is 11.5 Å². The Bertz CT molecular complexity index is 428. The lowest BCUT2D eigenvalue weighted by molar-refractivity contribution is -0.0487. The fourth-order valence-electron chi connectivity index (χ4n) is 2.60. The highest BCUT2D eigenvalue weighted by molar-refractivity contribution is 5.45. The summed E-state index contributed by atoms with van der Waals surface area (Å²) in [6.45, 7) is 3.73. The van der Waals surface area contributed by atoms with E-state index in [1.807, 2.05) is 18.2 Å². The molecule has 4 heteroatoms. The fraction of sp³-hybridized carbons (Fsp3) is 0.600. The van der Waals surface area contributed by atoms with E-state index in [0.717, 1.165) is 36.7 Å². The van der Waals surface area contributed by atoms with Crippen molar-refractivity contribution in [2.75, 3.05) is 34.0 Å². The molecule has 1 aliphatic heterocycles. The van der Waals surface area contributed by atoms with Crippen molar-refractivity contribution in [1.82, 2.24) is 0 Å². The van der Waals surface area contributed by atoms with Crippen LogP contribution < -0.4 is 9.47 Å². The van der Waals surface area contributed by atoms with Crippen LogP contribution in [-0.2, 0) is 10.2 Å². The molecule has 106 valence electrons. The van der Waals surface area contributed by atoms with E-state index in [0.29, 0.717) is 5.92 Å². The smallest absolute Gasteiger partial charge is 0.126 e.